The normalized spacial score (nSPS) is 10.2. The Morgan fingerprint density at radius 1 is 1.26 bits per heavy atom. The van der Waals surface area contributed by atoms with E-state index < -0.39 is 0 Å². The number of furan rings is 1. The molecule has 4 heteroatoms. The Balaban J connectivity index is 2.08. The van der Waals surface area contributed by atoms with Crippen molar-refractivity contribution in [2.75, 3.05) is 10.6 Å². The van der Waals surface area contributed by atoms with Gasteiger partial charge in [0.25, 0.3) is 0 Å². The van der Waals surface area contributed by atoms with E-state index in [1.807, 2.05) is 38.1 Å². The third kappa shape index (κ3) is 3.37. The van der Waals surface area contributed by atoms with E-state index in [9.17, 15) is 4.79 Å². The minimum atomic E-state index is 0.0232. The highest BCUT2D eigenvalue weighted by atomic mass is 16.3. The average Bonchev–Trinajstić information content (AvgIpc) is 2.93. The Kier molecular flexibility index (Phi) is 4.23. The highest BCUT2D eigenvalue weighted by Crippen LogP contribution is 2.24. The second kappa shape index (κ2) is 6.09. The Bertz CT molecular complexity index is 547. The molecule has 0 unspecified atom stereocenters. The molecular formula is C15H18N2O2. The molecule has 1 heterocycles. The van der Waals surface area contributed by atoms with Crippen molar-refractivity contribution < 1.29 is 9.21 Å². The van der Waals surface area contributed by atoms with Crippen LogP contribution >= 0.6 is 0 Å². The predicted octanol–water partition coefficient (Wildman–Crippen LogP) is 3.55. The Hall–Kier alpha value is -2.23. The molecule has 0 aliphatic carbocycles. The maximum Gasteiger partial charge on any atom is 0.224 e. The van der Waals surface area contributed by atoms with Gasteiger partial charge in [-0.3, -0.25) is 4.79 Å². The molecule has 0 aliphatic rings. The van der Waals surface area contributed by atoms with Gasteiger partial charge in [-0.25, -0.2) is 0 Å². The van der Waals surface area contributed by atoms with E-state index >= 15 is 0 Å². The molecule has 1 amide bonds. The molecule has 2 N–H and O–H groups in total. The molecule has 0 radical (unpaired) electrons. The van der Waals surface area contributed by atoms with Gasteiger partial charge in [0.15, 0.2) is 0 Å². The van der Waals surface area contributed by atoms with Gasteiger partial charge < -0.3 is 15.1 Å². The number of carbonyl (C=O) groups is 1. The molecule has 1 aromatic heterocycles. The van der Waals surface area contributed by atoms with Crippen molar-refractivity contribution in [2.45, 2.75) is 26.8 Å². The summed E-state index contributed by atoms with van der Waals surface area (Å²) in [6, 6.07) is 7.75. The first-order valence-electron chi connectivity index (χ1n) is 6.35. The van der Waals surface area contributed by atoms with Gasteiger partial charge in [0, 0.05) is 29.9 Å². The summed E-state index contributed by atoms with van der Waals surface area (Å²) < 4.78 is 5.03. The first-order chi connectivity index (χ1) is 9.20. The Morgan fingerprint density at radius 2 is 2.05 bits per heavy atom. The molecule has 2 rings (SSSR count). The van der Waals surface area contributed by atoms with Gasteiger partial charge in [-0.05, 0) is 30.7 Å². The van der Waals surface area contributed by atoms with Gasteiger partial charge in [0.2, 0.25) is 5.91 Å². The number of carbonyl (C=O) groups excluding carboxylic acids is 1. The van der Waals surface area contributed by atoms with Crippen molar-refractivity contribution in [3.8, 4) is 0 Å². The summed E-state index contributed by atoms with van der Waals surface area (Å²) in [6.45, 7) is 4.52. The van der Waals surface area contributed by atoms with Gasteiger partial charge in [-0.1, -0.05) is 13.0 Å². The topological polar surface area (TPSA) is 54.3 Å². The van der Waals surface area contributed by atoms with Crippen molar-refractivity contribution in [1.82, 2.24) is 0 Å². The highest BCUT2D eigenvalue weighted by molar-refractivity contribution is 5.92. The van der Waals surface area contributed by atoms with E-state index in [-0.39, 0.29) is 5.91 Å². The summed E-state index contributed by atoms with van der Waals surface area (Å²) in [4.78, 5) is 11.4. The molecule has 2 aromatic rings. The van der Waals surface area contributed by atoms with Crippen molar-refractivity contribution in [1.29, 1.82) is 0 Å². The summed E-state index contributed by atoms with van der Waals surface area (Å²) >= 11 is 0. The molecule has 1 aromatic carbocycles. The second-order valence-corrected chi connectivity index (χ2v) is 4.37. The second-order valence-electron chi connectivity index (χ2n) is 4.37. The zero-order valence-corrected chi connectivity index (χ0v) is 11.2. The molecule has 0 saturated carbocycles. The van der Waals surface area contributed by atoms with Crippen LogP contribution in [0.2, 0.25) is 0 Å². The monoisotopic (exact) mass is 258 g/mol. The number of amides is 1. The van der Waals surface area contributed by atoms with E-state index in [0.29, 0.717) is 13.0 Å². The van der Waals surface area contributed by atoms with Gasteiger partial charge in [-0.15, -0.1) is 0 Å². The molecule has 4 nitrogen and oxygen atoms in total. The van der Waals surface area contributed by atoms with Gasteiger partial charge >= 0.3 is 0 Å². The fourth-order valence-electron chi connectivity index (χ4n) is 1.79. The van der Waals surface area contributed by atoms with Crippen molar-refractivity contribution >= 4 is 17.3 Å². The van der Waals surface area contributed by atoms with E-state index in [2.05, 4.69) is 10.6 Å². The molecule has 0 saturated heterocycles. The smallest absolute Gasteiger partial charge is 0.224 e. The zero-order valence-electron chi connectivity index (χ0n) is 11.2. The first kappa shape index (κ1) is 13.2. The lowest BCUT2D eigenvalue weighted by atomic mass is 10.1. The Morgan fingerprint density at radius 3 is 2.74 bits per heavy atom. The lowest BCUT2D eigenvalue weighted by molar-refractivity contribution is -0.115. The largest absolute Gasteiger partial charge is 0.472 e. The number of rotatable bonds is 5. The van der Waals surface area contributed by atoms with Crippen LogP contribution in [0.15, 0.2) is 41.2 Å². The van der Waals surface area contributed by atoms with Gasteiger partial charge in [0.05, 0.1) is 12.5 Å². The molecule has 19 heavy (non-hydrogen) atoms. The predicted molar refractivity (Wildman–Crippen MR) is 76.1 cm³/mol. The lowest BCUT2D eigenvalue weighted by Gasteiger charge is -2.13. The molecule has 0 spiro atoms. The zero-order chi connectivity index (χ0) is 13.7. The van der Waals surface area contributed by atoms with Crippen LogP contribution in [0, 0.1) is 6.92 Å². The quantitative estimate of drug-likeness (QED) is 0.862. The third-order valence-corrected chi connectivity index (χ3v) is 2.99. The Labute approximate surface area is 112 Å². The summed E-state index contributed by atoms with van der Waals surface area (Å²) in [5.41, 5.74) is 3.98. The van der Waals surface area contributed by atoms with E-state index in [0.717, 1.165) is 22.5 Å². The number of nitrogens with one attached hydrogen (secondary N) is 2. The number of hydrogen-bond donors (Lipinski definition) is 2. The summed E-state index contributed by atoms with van der Waals surface area (Å²) in [6.07, 6.45) is 3.85. The highest BCUT2D eigenvalue weighted by Gasteiger charge is 2.06. The van der Waals surface area contributed by atoms with E-state index in [4.69, 9.17) is 4.42 Å². The maximum absolute atomic E-state index is 11.4. The molecule has 0 aliphatic heterocycles. The fraction of sp³-hybridized carbons (Fsp3) is 0.267. The van der Waals surface area contributed by atoms with Crippen LogP contribution in [0.5, 0.6) is 0 Å². The molecule has 0 atom stereocenters. The third-order valence-electron chi connectivity index (χ3n) is 2.99. The minimum Gasteiger partial charge on any atom is -0.472 e. The van der Waals surface area contributed by atoms with E-state index in [1.54, 1.807) is 12.5 Å². The molecule has 100 valence electrons. The van der Waals surface area contributed by atoms with Crippen molar-refractivity contribution in [2.24, 2.45) is 0 Å². The van der Waals surface area contributed by atoms with Crippen LogP contribution in [0.3, 0.4) is 0 Å². The summed E-state index contributed by atoms with van der Waals surface area (Å²) in [7, 11) is 0. The van der Waals surface area contributed by atoms with E-state index in [1.165, 1.54) is 0 Å². The van der Waals surface area contributed by atoms with Crippen LogP contribution in [-0.4, -0.2) is 5.91 Å². The van der Waals surface area contributed by atoms with Crippen LogP contribution in [-0.2, 0) is 11.3 Å². The number of hydrogen-bond acceptors (Lipinski definition) is 3. The van der Waals surface area contributed by atoms with Crippen LogP contribution in [0.4, 0.5) is 11.4 Å². The van der Waals surface area contributed by atoms with Crippen LogP contribution in [0.1, 0.15) is 24.5 Å². The lowest BCUT2D eigenvalue weighted by Crippen LogP contribution is -2.11. The van der Waals surface area contributed by atoms with Gasteiger partial charge in [0.1, 0.15) is 0 Å². The standard InChI is InChI=1S/C15H18N2O2/c1-3-15(18)17-14-6-4-5-13(11(14)2)16-9-12-7-8-19-10-12/h4-8,10,16H,3,9H2,1-2H3,(H,17,18). The minimum absolute atomic E-state index is 0.0232. The number of benzene rings is 1. The summed E-state index contributed by atoms with van der Waals surface area (Å²) in [5, 5.41) is 6.23. The molecule has 0 bridgehead atoms. The summed E-state index contributed by atoms with van der Waals surface area (Å²) in [5.74, 6) is 0.0232. The number of anilines is 2. The SMILES string of the molecule is CCC(=O)Nc1cccc(NCc2ccoc2)c1C. The average molecular weight is 258 g/mol. The fourth-order valence-corrected chi connectivity index (χ4v) is 1.79. The maximum atomic E-state index is 11.4. The molecule has 0 fully saturated rings. The first-order valence-corrected chi connectivity index (χ1v) is 6.35. The van der Waals surface area contributed by atoms with Crippen LogP contribution in [0.25, 0.3) is 0 Å². The van der Waals surface area contributed by atoms with Crippen LogP contribution < -0.4 is 10.6 Å². The van der Waals surface area contributed by atoms with Crippen molar-refractivity contribution in [3.05, 3.63) is 47.9 Å². The van der Waals surface area contributed by atoms with Gasteiger partial charge in [-0.2, -0.15) is 0 Å². The van der Waals surface area contributed by atoms with Crippen molar-refractivity contribution in [3.63, 3.8) is 0 Å². The molecular weight excluding hydrogens is 240 g/mol.